The summed E-state index contributed by atoms with van der Waals surface area (Å²) in [6.07, 6.45) is 0. The summed E-state index contributed by atoms with van der Waals surface area (Å²) in [4.78, 5) is 26.6. The van der Waals surface area contributed by atoms with Crippen LogP contribution in [0.3, 0.4) is 0 Å². The lowest BCUT2D eigenvalue weighted by molar-refractivity contribution is -0.110. The van der Waals surface area contributed by atoms with E-state index in [1.165, 1.54) is 12.1 Å². The van der Waals surface area contributed by atoms with Crippen LogP contribution in [0.2, 0.25) is 0 Å². The van der Waals surface area contributed by atoms with E-state index in [4.69, 9.17) is 5.11 Å². The molecule has 88 valence electrons. The molecule has 0 aliphatic carbocycles. The number of hydrogen-bond donors (Lipinski definition) is 3. The number of nitrogens with one attached hydrogen (secondary N) is 2. The molecule has 3 N–H and O–H groups in total. The minimum atomic E-state index is -1.08. The van der Waals surface area contributed by atoms with Crippen molar-refractivity contribution in [1.82, 2.24) is 5.32 Å². The van der Waals surface area contributed by atoms with Gasteiger partial charge < -0.3 is 15.7 Å². The monoisotopic (exact) mass is 233 g/mol. The number of hydrogen-bond acceptors (Lipinski definition) is 4. The fraction of sp³-hybridized carbons (Fsp3) is 0.182. The fourth-order valence-corrected chi connectivity index (χ4v) is 1.51. The highest BCUT2D eigenvalue weighted by molar-refractivity contribution is 6.42. The lowest BCUT2D eigenvalue weighted by Crippen LogP contribution is -2.32. The van der Waals surface area contributed by atoms with E-state index in [1.807, 2.05) is 0 Å². The number of anilines is 1. The van der Waals surface area contributed by atoms with Gasteiger partial charge in [0.25, 0.3) is 5.91 Å². The smallest absolute Gasteiger partial charge is 0.337 e. The highest BCUT2D eigenvalue weighted by Crippen LogP contribution is 2.14. The number of nitrogens with zero attached hydrogens (tertiary/aromatic N) is 1. The van der Waals surface area contributed by atoms with E-state index >= 15 is 0 Å². The first-order valence-corrected chi connectivity index (χ1v) is 5.10. The van der Waals surface area contributed by atoms with Crippen LogP contribution in [0, 0.1) is 0 Å². The average molecular weight is 233 g/mol. The zero-order valence-corrected chi connectivity index (χ0v) is 8.93. The Morgan fingerprint density at radius 3 is 2.76 bits per heavy atom. The topological polar surface area (TPSA) is 90.8 Å². The second-order valence-electron chi connectivity index (χ2n) is 3.46. The maximum Gasteiger partial charge on any atom is 0.337 e. The zero-order chi connectivity index (χ0) is 12.3. The number of benzene rings is 1. The van der Waals surface area contributed by atoms with Gasteiger partial charge in [-0.25, -0.2) is 4.79 Å². The molecule has 1 aliphatic heterocycles. The van der Waals surface area contributed by atoms with Gasteiger partial charge in [0.05, 0.1) is 17.8 Å². The molecular weight excluding hydrogens is 222 g/mol. The Bertz CT molecular complexity index is 496. The largest absolute Gasteiger partial charge is 0.478 e. The molecule has 0 unspecified atom stereocenters. The van der Waals surface area contributed by atoms with Crippen LogP contribution < -0.4 is 10.6 Å². The Kier molecular flexibility index (Phi) is 3.04. The van der Waals surface area contributed by atoms with Crippen molar-refractivity contribution < 1.29 is 14.7 Å². The van der Waals surface area contributed by atoms with Crippen molar-refractivity contribution in [3.05, 3.63) is 29.8 Å². The molecule has 6 heteroatoms. The first-order valence-electron chi connectivity index (χ1n) is 5.10. The van der Waals surface area contributed by atoms with E-state index in [2.05, 4.69) is 15.6 Å². The van der Waals surface area contributed by atoms with E-state index in [9.17, 15) is 9.59 Å². The SMILES string of the molecule is O=C(Nc1ccccc1C(=O)O)C1=NCCN1. The van der Waals surface area contributed by atoms with E-state index in [0.717, 1.165) is 0 Å². The third-order valence-electron chi connectivity index (χ3n) is 2.29. The van der Waals surface area contributed by atoms with E-state index in [-0.39, 0.29) is 17.1 Å². The Morgan fingerprint density at radius 1 is 1.35 bits per heavy atom. The van der Waals surface area contributed by atoms with Gasteiger partial charge in [-0.3, -0.25) is 9.79 Å². The molecular formula is C11H11N3O3. The minimum Gasteiger partial charge on any atom is -0.478 e. The molecule has 0 spiro atoms. The maximum atomic E-state index is 11.7. The Balaban J connectivity index is 2.18. The number of aliphatic imine (C=N–C) groups is 1. The summed E-state index contributed by atoms with van der Waals surface area (Å²) in [6, 6.07) is 6.23. The molecule has 0 fully saturated rings. The van der Waals surface area contributed by atoms with Crippen molar-refractivity contribution in [2.75, 3.05) is 18.4 Å². The molecule has 17 heavy (non-hydrogen) atoms. The number of rotatable bonds is 3. The molecule has 0 saturated carbocycles. The molecule has 0 saturated heterocycles. The van der Waals surface area contributed by atoms with Crippen molar-refractivity contribution in [3.63, 3.8) is 0 Å². The molecule has 1 aromatic carbocycles. The van der Waals surface area contributed by atoms with Crippen LogP contribution >= 0.6 is 0 Å². The third kappa shape index (κ3) is 2.41. The summed E-state index contributed by atoms with van der Waals surface area (Å²) in [6.45, 7) is 1.19. The lowest BCUT2D eigenvalue weighted by atomic mass is 10.2. The fourth-order valence-electron chi connectivity index (χ4n) is 1.51. The van der Waals surface area contributed by atoms with Gasteiger partial charge >= 0.3 is 5.97 Å². The highest BCUT2D eigenvalue weighted by atomic mass is 16.4. The predicted molar refractivity (Wildman–Crippen MR) is 62.3 cm³/mol. The van der Waals surface area contributed by atoms with Gasteiger partial charge in [-0.15, -0.1) is 0 Å². The van der Waals surface area contributed by atoms with Crippen molar-refractivity contribution >= 4 is 23.4 Å². The number of carboxylic acids is 1. The molecule has 0 radical (unpaired) electrons. The Morgan fingerprint density at radius 2 is 2.12 bits per heavy atom. The molecule has 0 atom stereocenters. The minimum absolute atomic E-state index is 0.0550. The number of carbonyl (C=O) groups excluding carboxylic acids is 1. The normalized spacial score (nSPS) is 13.8. The van der Waals surface area contributed by atoms with Crippen molar-refractivity contribution in [2.45, 2.75) is 0 Å². The van der Waals surface area contributed by atoms with Gasteiger partial charge in [-0.05, 0) is 12.1 Å². The molecule has 0 aromatic heterocycles. The first kappa shape index (κ1) is 11.1. The van der Waals surface area contributed by atoms with Gasteiger partial charge in [-0.1, -0.05) is 12.1 Å². The molecule has 2 rings (SSSR count). The number of aromatic carboxylic acids is 1. The summed E-state index contributed by atoms with van der Waals surface area (Å²) >= 11 is 0. The molecule has 1 heterocycles. The van der Waals surface area contributed by atoms with Gasteiger partial charge in [0.2, 0.25) is 0 Å². The van der Waals surface area contributed by atoms with Gasteiger partial charge in [0.15, 0.2) is 5.84 Å². The van der Waals surface area contributed by atoms with E-state index in [1.54, 1.807) is 12.1 Å². The number of amides is 1. The molecule has 1 aliphatic rings. The summed E-state index contributed by atoms with van der Waals surface area (Å²) in [5, 5.41) is 14.3. The molecule has 1 aromatic rings. The van der Waals surface area contributed by atoms with Crippen LogP contribution in [0.5, 0.6) is 0 Å². The number of carbonyl (C=O) groups is 2. The second kappa shape index (κ2) is 4.65. The zero-order valence-electron chi connectivity index (χ0n) is 8.93. The Hall–Kier alpha value is -2.37. The van der Waals surface area contributed by atoms with Gasteiger partial charge in [0.1, 0.15) is 0 Å². The number of para-hydroxylation sites is 1. The summed E-state index contributed by atoms with van der Waals surface area (Å²) in [5.41, 5.74) is 0.320. The van der Waals surface area contributed by atoms with Crippen molar-refractivity contribution in [2.24, 2.45) is 4.99 Å². The van der Waals surface area contributed by atoms with Crippen LogP contribution in [0.1, 0.15) is 10.4 Å². The van der Waals surface area contributed by atoms with Crippen LogP contribution in [0.25, 0.3) is 0 Å². The van der Waals surface area contributed by atoms with Gasteiger partial charge in [-0.2, -0.15) is 0 Å². The van der Waals surface area contributed by atoms with Crippen LogP contribution in [0.4, 0.5) is 5.69 Å². The quantitative estimate of drug-likeness (QED) is 0.701. The number of amidine groups is 1. The first-order chi connectivity index (χ1) is 8.18. The maximum absolute atomic E-state index is 11.7. The van der Waals surface area contributed by atoms with E-state index in [0.29, 0.717) is 13.1 Å². The summed E-state index contributed by atoms with van der Waals surface area (Å²) < 4.78 is 0. The summed E-state index contributed by atoms with van der Waals surface area (Å²) in [7, 11) is 0. The van der Waals surface area contributed by atoms with Gasteiger partial charge in [0, 0.05) is 6.54 Å². The predicted octanol–water partition coefficient (Wildman–Crippen LogP) is 0.325. The second-order valence-corrected chi connectivity index (χ2v) is 3.46. The highest BCUT2D eigenvalue weighted by Gasteiger charge is 2.17. The lowest BCUT2D eigenvalue weighted by Gasteiger charge is -2.08. The molecule has 6 nitrogen and oxygen atoms in total. The van der Waals surface area contributed by atoms with Crippen LogP contribution in [-0.2, 0) is 4.79 Å². The van der Waals surface area contributed by atoms with Crippen molar-refractivity contribution in [1.29, 1.82) is 0 Å². The molecule has 0 bridgehead atoms. The Labute approximate surface area is 97.4 Å². The van der Waals surface area contributed by atoms with Crippen molar-refractivity contribution in [3.8, 4) is 0 Å². The third-order valence-corrected chi connectivity index (χ3v) is 2.29. The number of carboxylic acid groups (broad SMARTS) is 1. The van der Waals surface area contributed by atoms with Crippen LogP contribution in [-0.4, -0.2) is 35.9 Å². The standard InChI is InChI=1S/C11H11N3O3/c15-10(9-12-5-6-13-9)14-8-4-2-1-3-7(8)11(16)17/h1-4H,5-6H2,(H,12,13)(H,14,15)(H,16,17). The summed E-state index contributed by atoms with van der Waals surface area (Å²) in [5.74, 6) is -1.26. The average Bonchev–Trinajstić information content (AvgIpc) is 2.83. The molecule has 1 amide bonds. The van der Waals surface area contributed by atoms with Crippen LogP contribution in [0.15, 0.2) is 29.3 Å². The van der Waals surface area contributed by atoms with E-state index < -0.39 is 11.9 Å².